The van der Waals surface area contributed by atoms with E-state index < -0.39 is 0 Å². The fourth-order valence-electron chi connectivity index (χ4n) is 3.29. The van der Waals surface area contributed by atoms with E-state index in [0.717, 1.165) is 36.5 Å². The van der Waals surface area contributed by atoms with Crippen molar-refractivity contribution in [1.82, 2.24) is 19.7 Å². The van der Waals surface area contributed by atoms with Gasteiger partial charge in [0, 0.05) is 24.0 Å². The van der Waals surface area contributed by atoms with Crippen LogP contribution in [0.4, 0.5) is 0 Å². The highest BCUT2D eigenvalue weighted by atomic mass is 32.1. The number of hydrogen-bond donors (Lipinski definition) is 0. The molecular weight excluding hydrogens is 308 g/mol. The summed E-state index contributed by atoms with van der Waals surface area (Å²) in [5, 5.41) is 7.46. The summed E-state index contributed by atoms with van der Waals surface area (Å²) in [5.41, 5.74) is 1.80. The molecule has 4 rings (SSSR count). The van der Waals surface area contributed by atoms with Crippen molar-refractivity contribution in [3.63, 3.8) is 0 Å². The summed E-state index contributed by atoms with van der Waals surface area (Å²) in [6.07, 6.45) is 9.68. The van der Waals surface area contributed by atoms with Crippen molar-refractivity contribution in [2.24, 2.45) is 0 Å². The smallest absolute Gasteiger partial charge is 0.273 e. The SMILES string of the molecule is Cc1cnn(C[C@@H]2CCCCN2C(=O)c2csc(C3CC3)n2)c1. The molecule has 0 radical (unpaired) electrons. The van der Waals surface area contributed by atoms with Crippen molar-refractivity contribution in [1.29, 1.82) is 0 Å². The van der Waals surface area contributed by atoms with Crippen LogP contribution < -0.4 is 0 Å². The number of aryl methyl sites for hydroxylation is 1. The Morgan fingerprint density at radius 2 is 2.22 bits per heavy atom. The first-order valence-corrected chi connectivity index (χ1v) is 9.34. The van der Waals surface area contributed by atoms with Crippen LogP contribution in [0, 0.1) is 6.92 Å². The van der Waals surface area contributed by atoms with Crippen LogP contribution >= 0.6 is 11.3 Å². The van der Waals surface area contributed by atoms with Gasteiger partial charge in [-0.2, -0.15) is 5.10 Å². The first kappa shape index (κ1) is 14.9. The molecule has 1 amide bonds. The third-order valence-corrected chi connectivity index (χ3v) is 5.72. The molecule has 1 saturated heterocycles. The highest BCUT2D eigenvalue weighted by Gasteiger charge is 2.31. The topological polar surface area (TPSA) is 51.0 Å². The fraction of sp³-hybridized carbons (Fsp3) is 0.588. The molecule has 0 N–H and O–H groups in total. The van der Waals surface area contributed by atoms with Crippen molar-refractivity contribution >= 4 is 17.2 Å². The van der Waals surface area contributed by atoms with Crippen molar-refractivity contribution in [3.05, 3.63) is 34.0 Å². The van der Waals surface area contributed by atoms with E-state index in [9.17, 15) is 4.79 Å². The maximum Gasteiger partial charge on any atom is 0.273 e. The molecule has 0 bridgehead atoms. The number of nitrogens with zero attached hydrogens (tertiary/aromatic N) is 4. The van der Waals surface area contributed by atoms with E-state index in [4.69, 9.17) is 0 Å². The molecule has 0 spiro atoms. The summed E-state index contributed by atoms with van der Waals surface area (Å²) in [6, 6.07) is 0.224. The molecule has 2 fully saturated rings. The van der Waals surface area contributed by atoms with Crippen LogP contribution in [0.15, 0.2) is 17.8 Å². The predicted octanol–water partition coefficient (Wildman–Crippen LogP) is 3.22. The van der Waals surface area contributed by atoms with Gasteiger partial charge in [-0.3, -0.25) is 9.48 Å². The Bertz CT molecular complexity index is 703. The fourth-order valence-corrected chi connectivity index (χ4v) is 4.26. The molecule has 1 aliphatic carbocycles. The normalized spacial score (nSPS) is 21.6. The third kappa shape index (κ3) is 3.17. The van der Waals surface area contributed by atoms with E-state index in [0.29, 0.717) is 11.6 Å². The third-order valence-electron chi connectivity index (χ3n) is 4.72. The average molecular weight is 330 g/mol. The zero-order chi connectivity index (χ0) is 15.8. The van der Waals surface area contributed by atoms with E-state index in [1.165, 1.54) is 19.3 Å². The van der Waals surface area contributed by atoms with E-state index in [1.54, 1.807) is 11.3 Å². The van der Waals surface area contributed by atoms with Gasteiger partial charge in [0.1, 0.15) is 5.69 Å². The molecular formula is C17H22N4OS. The second-order valence-electron chi connectivity index (χ2n) is 6.73. The molecule has 23 heavy (non-hydrogen) atoms. The molecule has 3 heterocycles. The average Bonchev–Trinajstić information content (AvgIpc) is 3.15. The molecule has 0 unspecified atom stereocenters. The molecule has 2 aromatic heterocycles. The number of aromatic nitrogens is 3. The van der Waals surface area contributed by atoms with E-state index in [-0.39, 0.29) is 11.9 Å². The molecule has 1 aliphatic heterocycles. The van der Waals surface area contributed by atoms with E-state index >= 15 is 0 Å². The summed E-state index contributed by atoms with van der Waals surface area (Å²) in [6.45, 7) is 3.65. The van der Waals surface area contributed by atoms with Gasteiger partial charge in [-0.05, 0) is 44.6 Å². The van der Waals surface area contributed by atoms with Gasteiger partial charge in [-0.1, -0.05) is 0 Å². The Hall–Kier alpha value is -1.69. The van der Waals surface area contributed by atoms with Crippen LogP contribution in [0.25, 0.3) is 0 Å². The summed E-state index contributed by atoms with van der Waals surface area (Å²) in [7, 11) is 0. The largest absolute Gasteiger partial charge is 0.332 e. The minimum absolute atomic E-state index is 0.0988. The number of piperidine rings is 1. The maximum atomic E-state index is 12.9. The Balaban J connectivity index is 1.50. The number of rotatable bonds is 4. The lowest BCUT2D eigenvalue weighted by Gasteiger charge is -2.35. The van der Waals surface area contributed by atoms with Crippen molar-refractivity contribution in [2.45, 2.75) is 57.5 Å². The highest BCUT2D eigenvalue weighted by Crippen LogP contribution is 2.41. The Morgan fingerprint density at radius 3 is 2.96 bits per heavy atom. The van der Waals surface area contributed by atoms with Crippen molar-refractivity contribution in [3.8, 4) is 0 Å². The van der Waals surface area contributed by atoms with Gasteiger partial charge in [0.2, 0.25) is 0 Å². The quantitative estimate of drug-likeness (QED) is 0.865. The first-order chi connectivity index (χ1) is 11.2. The van der Waals surface area contributed by atoms with Crippen LogP contribution in [-0.4, -0.2) is 38.2 Å². The minimum Gasteiger partial charge on any atom is -0.332 e. The molecule has 2 aromatic rings. The Labute approximate surface area is 140 Å². The molecule has 0 aromatic carbocycles. The maximum absolute atomic E-state index is 12.9. The van der Waals surface area contributed by atoms with Gasteiger partial charge in [0.05, 0.1) is 23.8 Å². The summed E-state index contributed by atoms with van der Waals surface area (Å²) in [5.74, 6) is 0.715. The summed E-state index contributed by atoms with van der Waals surface area (Å²) >= 11 is 1.64. The Kier molecular flexibility index (Phi) is 3.93. The number of likely N-dealkylation sites (tertiary alicyclic amines) is 1. The zero-order valence-corrected chi connectivity index (χ0v) is 14.3. The minimum atomic E-state index is 0.0988. The van der Waals surface area contributed by atoms with Crippen molar-refractivity contribution < 1.29 is 4.79 Å². The first-order valence-electron chi connectivity index (χ1n) is 8.46. The molecule has 2 aliphatic rings. The van der Waals surface area contributed by atoms with Crippen LogP contribution in [0.1, 0.15) is 59.1 Å². The van der Waals surface area contributed by atoms with Gasteiger partial charge in [0.15, 0.2) is 0 Å². The van der Waals surface area contributed by atoms with Gasteiger partial charge in [-0.25, -0.2) is 4.98 Å². The number of hydrogen-bond acceptors (Lipinski definition) is 4. The van der Waals surface area contributed by atoms with Gasteiger partial charge in [-0.15, -0.1) is 11.3 Å². The van der Waals surface area contributed by atoms with Crippen LogP contribution in [0.5, 0.6) is 0 Å². The summed E-state index contributed by atoms with van der Waals surface area (Å²) < 4.78 is 1.96. The Morgan fingerprint density at radius 1 is 1.35 bits per heavy atom. The van der Waals surface area contributed by atoms with Gasteiger partial charge >= 0.3 is 0 Å². The second-order valence-corrected chi connectivity index (χ2v) is 7.62. The molecule has 1 atom stereocenters. The number of thiazole rings is 1. The molecule has 1 saturated carbocycles. The predicted molar refractivity (Wildman–Crippen MR) is 89.7 cm³/mol. The summed E-state index contributed by atoms with van der Waals surface area (Å²) in [4.78, 5) is 19.5. The molecule has 6 heteroatoms. The monoisotopic (exact) mass is 330 g/mol. The lowest BCUT2D eigenvalue weighted by atomic mass is 10.0. The number of carbonyl (C=O) groups excluding carboxylic acids is 1. The second kappa shape index (κ2) is 6.07. The standard InChI is InChI=1S/C17H22N4OS/c1-12-8-18-20(9-12)10-14-4-2-3-7-21(14)17(22)15-11-23-16(19-15)13-5-6-13/h8-9,11,13-14H,2-7,10H2,1H3/t14-/m0/s1. The lowest BCUT2D eigenvalue weighted by Crippen LogP contribution is -2.46. The number of carbonyl (C=O) groups is 1. The van der Waals surface area contributed by atoms with Crippen LogP contribution in [-0.2, 0) is 6.54 Å². The van der Waals surface area contributed by atoms with Crippen LogP contribution in [0.2, 0.25) is 0 Å². The van der Waals surface area contributed by atoms with Gasteiger partial charge < -0.3 is 4.90 Å². The zero-order valence-electron chi connectivity index (χ0n) is 13.4. The van der Waals surface area contributed by atoms with Gasteiger partial charge in [0.25, 0.3) is 5.91 Å². The van der Waals surface area contributed by atoms with Crippen molar-refractivity contribution in [2.75, 3.05) is 6.54 Å². The van der Waals surface area contributed by atoms with E-state index in [2.05, 4.69) is 10.1 Å². The molecule has 122 valence electrons. The highest BCUT2D eigenvalue weighted by molar-refractivity contribution is 7.10. The molecule has 5 nitrogen and oxygen atoms in total. The number of amides is 1. The van der Waals surface area contributed by atoms with E-state index in [1.807, 2.05) is 34.3 Å². The van der Waals surface area contributed by atoms with Crippen LogP contribution in [0.3, 0.4) is 0 Å². The lowest BCUT2D eigenvalue weighted by molar-refractivity contribution is 0.0578.